The molecular formula is C12H11N3O3S. The third-order valence-electron chi connectivity index (χ3n) is 2.47. The summed E-state index contributed by atoms with van der Waals surface area (Å²) in [6, 6.07) is 4.65. The lowest BCUT2D eigenvalue weighted by atomic mass is 10.2. The van der Waals surface area contributed by atoms with Gasteiger partial charge in [0.25, 0.3) is 5.56 Å². The van der Waals surface area contributed by atoms with E-state index in [4.69, 9.17) is 12.2 Å². The Morgan fingerprint density at radius 1 is 1.32 bits per heavy atom. The molecule has 0 bridgehead atoms. The molecule has 0 fully saturated rings. The molecule has 4 N–H and O–H groups in total. The summed E-state index contributed by atoms with van der Waals surface area (Å²) in [6.07, 6.45) is 1.23. The fourth-order valence-corrected chi connectivity index (χ4v) is 1.71. The van der Waals surface area contributed by atoms with Crippen molar-refractivity contribution in [1.82, 2.24) is 9.97 Å². The Hall–Kier alpha value is -2.41. The van der Waals surface area contributed by atoms with Crippen LogP contribution in [0.25, 0.3) is 0 Å². The monoisotopic (exact) mass is 277 g/mol. The maximum Gasteiger partial charge on any atom is 0.264 e. The van der Waals surface area contributed by atoms with Crippen molar-refractivity contribution >= 4 is 24.1 Å². The molecule has 1 heterocycles. The number of hydrogen-bond donors (Lipinski definition) is 4. The molecule has 2 rings (SSSR count). The number of H-pyrrole nitrogens is 2. The Morgan fingerprint density at radius 3 is 2.68 bits per heavy atom. The first-order valence-electron chi connectivity index (χ1n) is 5.36. The number of aromatic nitrogens is 2. The molecule has 0 amide bonds. The van der Waals surface area contributed by atoms with Gasteiger partial charge in [0, 0.05) is 6.21 Å². The molecule has 0 aliphatic carbocycles. The van der Waals surface area contributed by atoms with Gasteiger partial charge >= 0.3 is 0 Å². The van der Waals surface area contributed by atoms with Crippen molar-refractivity contribution < 1.29 is 10.2 Å². The zero-order chi connectivity index (χ0) is 14.0. The predicted molar refractivity (Wildman–Crippen MR) is 74.0 cm³/mol. The van der Waals surface area contributed by atoms with E-state index in [9.17, 15) is 15.0 Å². The second kappa shape index (κ2) is 5.07. The maximum atomic E-state index is 11.6. The number of aromatic amines is 2. The van der Waals surface area contributed by atoms with Gasteiger partial charge in [-0.15, -0.1) is 0 Å². The topological polar surface area (TPSA) is 101 Å². The van der Waals surface area contributed by atoms with Crippen molar-refractivity contribution in [2.75, 3.05) is 0 Å². The van der Waals surface area contributed by atoms with Gasteiger partial charge < -0.3 is 15.2 Å². The normalized spacial score (nSPS) is 11.0. The van der Waals surface area contributed by atoms with Crippen LogP contribution in [0.15, 0.2) is 28.0 Å². The summed E-state index contributed by atoms with van der Waals surface area (Å²) < 4.78 is 0.0421. The first kappa shape index (κ1) is 13.0. The third kappa shape index (κ3) is 2.89. The number of benzene rings is 1. The van der Waals surface area contributed by atoms with Gasteiger partial charge in [0.05, 0.1) is 5.69 Å². The summed E-state index contributed by atoms with van der Waals surface area (Å²) in [4.78, 5) is 20.5. The molecule has 0 atom stereocenters. The molecule has 0 spiro atoms. The van der Waals surface area contributed by atoms with Crippen LogP contribution in [0.1, 0.15) is 11.1 Å². The average Bonchev–Trinajstić information content (AvgIpc) is 2.30. The lowest BCUT2D eigenvalue weighted by Gasteiger charge is -2.01. The molecular weight excluding hydrogens is 266 g/mol. The second-order valence-corrected chi connectivity index (χ2v) is 4.31. The maximum absolute atomic E-state index is 11.6. The van der Waals surface area contributed by atoms with Gasteiger partial charge in [-0.1, -0.05) is 0 Å². The number of aliphatic imine (C=N–C) groups is 1. The molecule has 7 heteroatoms. The zero-order valence-corrected chi connectivity index (χ0v) is 10.8. The summed E-state index contributed by atoms with van der Waals surface area (Å²) in [5, 5.41) is 18.9. The van der Waals surface area contributed by atoms with Crippen molar-refractivity contribution in [2.45, 2.75) is 6.92 Å². The van der Waals surface area contributed by atoms with E-state index >= 15 is 0 Å². The molecule has 1 aromatic carbocycles. The highest BCUT2D eigenvalue weighted by molar-refractivity contribution is 7.71. The smallest absolute Gasteiger partial charge is 0.264 e. The molecule has 0 aliphatic rings. The van der Waals surface area contributed by atoms with Crippen LogP contribution in [0.2, 0.25) is 0 Å². The van der Waals surface area contributed by atoms with Gasteiger partial charge in [0.2, 0.25) is 5.88 Å². The highest BCUT2D eigenvalue weighted by Crippen LogP contribution is 2.22. The summed E-state index contributed by atoms with van der Waals surface area (Å²) >= 11 is 4.72. The van der Waals surface area contributed by atoms with Crippen LogP contribution in [0.4, 0.5) is 5.69 Å². The number of hydrogen-bond acceptors (Lipinski definition) is 5. The largest absolute Gasteiger partial charge is 0.508 e. The van der Waals surface area contributed by atoms with E-state index in [1.807, 2.05) is 0 Å². The number of phenols is 1. The van der Waals surface area contributed by atoms with Crippen LogP contribution >= 0.6 is 12.2 Å². The first-order chi connectivity index (χ1) is 8.97. The van der Waals surface area contributed by atoms with Gasteiger partial charge in [-0.2, -0.15) is 0 Å². The number of phenolic OH excluding ortho intramolecular Hbond substituents is 1. The van der Waals surface area contributed by atoms with Crippen LogP contribution in [-0.4, -0.2) is 26.4 Å². The molecule has 1 aromatic heterocycles. The molecule has 98 valence electrons. The molecule has 0 radical (unpaired) electrons. The van der Waals surface area contributed by atoms with E-state index < -0.39 is 5.56 Å². The summed E-state index contributed by atoms with van der Waals surface area (Å²) in [5.74, 6) is -0.199. The van der Waals surface area contributed by atoms with Crippen molar-refractivity contribution in [1.29, 1.82) is 0 Å². The quantitative estimate of drug-likeness (QED) is 0.497. The van der Waals surface area contributed by atoms with E-state index in [1.165, 1.54) is 12.3 Å². The van der Waals surface area contributed by atoms with Gasteiger partial charge in [0.15, 0.2) is 4.77 Å². The molecule has 0 aliphatic heterocycles. The lowest BCUT2D eigenvalue weighted by Crippen LogP contribution is -2.13. The predicted octanol–water partition coefficient (Wildman–Crippen LogP) is 1.90. The van der Waals surface area contributed by atoms with Gasteiger partial charge in [-0.25, -0.2) is 0 Å². The zero-order valence-electron chi connectivity index (χ0n) is 9.97. The summed E-state index contributed by atoms with van der Waals surface area (Å²) in [5.41, 5.74) is 0.789. The summed E-state index contributed by atoms with van der Waals surface area (Å²) in [6.45, 7) is 1.77. The standard InChI is InChI=1S/C12H11N3O3S/c1-6-4-7(16)2-3-9(6)13-5-8-10(17)14-12(19)15-11(8)18/h2-5,16H,1H3,(H3,14,15,17,18,19). The molecule has 6 nitrogen and oxygen atoms in total. The fraction of sp³-hybridized carbons (Fsp3) is 0.0833. The number of rotatable bonds is 2. The Morgan fingerprint density at radius 2 is 2.05 bits per heavy atom. The molecule has 0 saturated carbocycles. The van der Waals surface area contributed by atoms with E-state index in [0.29, 0.717) is 5.69 Å². The molecule has 0 unspecified atom stereocenters. The summed E-state index contributed by atoms with van der Waals surface area (Å²) in [7, 11) is 0. The second-order valence-electron chi connectivity index (χ2n) is 3.90. The van der Waals surface area contributed by atoms with Crippen LogP contribution < -0.4 is 5.56 Å². The van der Waals surface area contributed by atoms with Gasteiger partial charge in [0.1, 0.15) is 11.3 Å². The SMILES string of the molecule is Cc1cc(O)ccc1N=Cc1c(O)[nH]c(=S)[nH]c1=O. The first-order valence-corrected chi connectivity index (χ1v) is 5.77. The minimum Gasteiger partial charge on any atom is -0.508 e. The fourth-order valence-electron chi connectivity index (χ4n) is 1.52. The van der Waals surface area contributed by atoms with E-state index in [-0.39, 0.29) is 22.0 Å². The van der Waals surface area contributed by atoms with E-state index in [0.717, 1.165) is 5.56 Å². The molecule has 19 heavy (non-hydrogen) atoms. The minimum atomic E-state index is -0.526. The van der Waals surface area contributed by atoms with Crippen LogP contribution in [0.3, 0.4) is 0 Å². The number of nitrogens with zero attached hydrogens (tertiary/aromatic N) is 1. The Labute approximate surface area is 113 Å². The highest BCUT2D eigenvalue weighted by Gasteiger charge is 2.05. The van der Waals surface area contributed by atoms with E-state index in [1.54, 1.807) is 19.1 Å². The number of aryl methyl sites for hydroxylation is 1. The highest BCUT2D eigenvalue weighted by atomic mass is 32.1. The lowest BCUT2D eigenvalue weighted by molar-refractivity contribution is 0.449. The van der Waals surface area contributed by atoms with Gasteiger partial charge in [-0.05, 0) is 42.9 Å². The van der Waals surface area contributed by atoms with E-state index in [2.05, 4.69) is 15.0 Å². The minimum absolute atomic E-state index is 0.0129. The van der Waals surface area contributed by atoms with Crippen molar-refractivity contribution in [2.24, 2.45) is 4.99 Å². The van der Waals surface area contributed by atoms with Gasteiger partial charge in [-0.3, -0.25) is 14.8 Å². The Kier molecular flexibility index (Phi) is 3.48. The third-order valence-corrected chi connectivity index (χ3v) is 2.68. The van der Waals surface area contributed by atoms with Crippen LogP contribution in [0.5, 0.6) is 11.6 Å². The number of aromatic hydroxyl groups is 2. The van der Waals surface area contributed by atoms with Crippen LogP contribution in [0, 0.1) is 11.7 Å². The molecule has 2 aromatic rings. The molecule has 0 saturated heterocycles. The van der Waals surface area contributed by atoms with Crippen molar-refractivity contribution in [3.8, 4) is 11.6 Å². The Bertz CT molecular complexity index is 762. The van der Waals surface area contributed by atoms with Crippen LogP contribution in [-0.2, 0) is 0 Å². The van der Waals surface area contributed by atoms with Crippen molar-refractivity contribution in [3.63, 3.8) is 0 Å². The van der Waals surface area contributed by atoms with Crippen molar-refractivity contribution in [3.05, 3.63) is 44.5 Å². The average molecular weight is 277 g/mol. The Balaban J connectivity index is 2.44. The number of nitrogens with one attached hydrogen (secondary N) is 2.